The molecule has 2 aromatic carbocycles. The summed E-state index contributed by atoms with van der Waals surface area (Å²) in [6.45, 7) is 11.7. The van der Waals surface area contributed by atoms with Gasteiger partial charge in [0.05, 0.1) is 25.3 Å². The number of nitrogens with one attached hydrogen (secondary N) is 1. The van der Waals surface area contributed by atoms with E-state index in [-0.39, 0.29) is 23.0 Å². The van der Waals surface area contributed by atoms with Crippen LogP contribution in [0.4, 0.5) is 5.69 Å². The van der Waals surface area contributed by atoms with Gasteiger partial charge in [0.2, 0.25) is 0 Å². The molecule has 6 heteroatoms. The third kappa shape index (κ3) is 5.68. The highest BCUT2D eigenvalue weighted by Crippen LogP contribution is 2.34. The molecule has 2 aliphatic rings. The average molecular weight is 453 g/mol. The first-order valence-corrected chi connectivity index (χ1v) is 11.8. The molecule has 2 fully saturated rings. The second kappa shape index (κ2) is 9.35. The van der Waals surface area contributed by atoms with Gasteiger partial charge < -0.3 is 19.1 Å². The van der Waals surface area contributed by atoms with Crippen LogP contribution in [0.2, 0.25) is 0 Å². The van der Waals surface area contributed by atoms with Crippen molar-refractivity contribution in [1.82, 2.24) is 5.32 Å². The summed E-state index contributed by atoms with van der Waals surface area (Å²) in [7, 11) is 1.60. The lowest BCUT2D eigenvalue weighted by atomic mass is 9.84. The fourth-order valence-electron chi connectivity index (χ4n) is 4.77. The summed E-state index contributed by atoms with van der Waals surface area (Å²) in [6, 6.07) is 13.4. The molecule has 1 N–H and O–H groups in total. The van der Waals surface area contributed by atoms with Crippen molar-refractivity contribution in [2.24, 2.45) is 5.41 Å². The number of hydrogen-bond donors (Lipinski definition) is 1. The Labute approximate surface area is 197 Å². The van der Waals surface area contributed by atoms with Crippen LogP contribution in [0.1, 0.15) is 56.5 Å². The maximum atomic E-state index is 13.5. The molecular weight excluding hydrogens is 416 g/mol. The van der Waals surface area contributed by atoms with E-state index in [4.69, 9.17) is 14.2 Å². The Bertz CT molecular complexity index is 1000. The number of piperidine rings is 1. The van der Waals surface area contributed by atoms with E-state index < -0.39 is 0 Å². The van der Waals surface area contributed by atoms with E-state index in [0.717, 1.165) is 25.2 Å². The standard InChI is InChI=1S/C27H36N2O4/c1-26(2)12-7-13-29(18-26)21-10-11-24(31-5)23(15-21)25(30)19-8-6-9-22(14-19)32-16-20-17-33-27(3,4)28-20/h6,8-11,14-15,20,28H,7,12-13,16-18H2,1-5H3/t20-/m0/s1. The van der Waals surface area contributed by atoms with Gasteiger partial charge in [-0.05, 0) is 62.4 Å². The van der Waals surface area contributed by atoms with Crippen molar-refractivity contribution in [3.05, 3.63) is 53.6 Å². The van der Waals surface area contributed by atoms with Gasteiger partial charge in [-0.2, -0.15) is 0 Å². The van der Waals surface area contributed by atoms with Gasteiger partial charge in [0, 0.05) is 24.3 Å². The summed E-state index contributed by atoms with van der Waals surface area (Å²) < 4.78 is 17.2. The number of carbonyl (C=O) groups is 1. The van der Waals surface area contributed by atoms with Gasteiger partial charge in [-0.15, -0.1) is 0 Å². The van der Waals surface area contributed by atoms with E-state index in [1.165, 1.54) is 6.42 Å². The zero-order valence-corrected chi connectivity index (χ0v) is 20.4. The predicted molar refractivity (Wildman–Crippen MR) is 131 cm³/mol. The van der Waals surface area contributed by atoms with Crippen molar-refractivity contribution < 1.29 is 19.0 Å². The molecule has 0 aliphatic carbocycles. The number of benzene rings is 2. The predicted octanol–water partition coefficient (Wildman–Crippen LogP) is 4.66. The van der Waals surface area contributed by atoms with Crippen LogP contribution in [0.25, 0.3) is 0 Å². The molecule has 33 heavy (non-hydrogen) atoms. The molecule has 0 amide bonds. The molecule has 0 aromatic heterocycles. The van der Waals surface area contributed by atoms with Crippen molar-refractivity contribution in [3.8, 4) is 11.5 Å². The van der Waals surface area contributed by atoms with E-state index in [9.17, 15) is 4.79 Å². The van der Waals surface area contributed by atoms with Crippen LogP contribution in [0, 0.1) is 5.41 Å². The summed E-state index contributed by atoms with van der Waals surface area (Å²) in [6.07, 6.45) is 2.37. The first-order chi connectivity index (χ1) is 15.7. The van der Waals surface area contributed by atoms with Crippen LogP contribution in [-0.2, 0) is 4.74 Å². The first-order valence-electron chi connectivity index (χ1n) is 11.8. The number of carbonyl (C=O) groups excluding carboxylic acids is 1. The van der Waals surface area contributed by atoms with Crippen molar-refractivity contribution in [3.63, 3.8) is 0 Å². The molecule has 2 aliphatic heterocycles. The zero-order chi connectivity index (χ0) is 23.6. The Morgan fingerprint density at radius 3 is 2.70 bits per heavy atom. The van der Waals surface area contributed by atoms with Gasteiger partial charge in [-0.3, -0.25) is 10.1 Å². The summed E-state index contributed by atoms with van der Waals surface area (Å²) in [5, 5.41) is 3.39. The molecule has 6 nitrogen and oxygen atoms in total. The van der Waals surface area contributed by atoms with Gasteiger partial charge in [0.15, 0.2) is 5.78 Å². The monoisotopic (exact) mass is 452 g/mol. The van der Waals surface area contributed by atoms with E-state index in [1.54, 1.807) is 13.2 Å². The maximum absolute atomic E-state index is 13.5. The molecule has 0 radical (unpaired) electrons. The average Bonchev–Trinajstić information content (AvgIpc) is 3.15. The fourth-order valence-corrected chi connectivity index (χ4v) is 4.77. The van der Waals surface area contributed by atoms with Gasteiger partial charge in [-0.25, -0.2) is 0 Å². The van der Waals surface area contributed by atoms with E-state index >= 15 is 0 Å². The van der Waals surface area contributed by atoms with Crippen molar-refractivity contribution >= 4 is 11.5 Å². The Hall–Kier alpha value is -2.57. The van der Waals surface area contributed by atoms with Crippen LogP contribution in [-0.4, -0.2) is 51.0 Å². The van der Waals surface area contributed by atoms with Crippen LogP contribution in [0.3, 0.4) is 0 Å². The van der Waals surface area contributed by atoms with Crippen molar-refractivity contribution in [1.29, 1.82) is 0 Å². The van der Waals surface area contributed by atoms with Crippen molar-refractivity contribution in [2.75, 3.05) is 38.3 Å². The molecule has 4 rings (SSSR count). The van der Waals surface area contributed by atoms with Gasteiger partial charge in [0.25, 0.3) is 0 Å². The van der Waals surface area contributed by atoms with Gasteiger partial charge in [0.1, 0.15) is 23.8 Å². The molecule has 2 saturated heterocycles. The second-order valence-electron chi connectivity index (χ2n) is 10.4. The highest BCUT2D eigenvalue weighted by atomic mass is 16.5. The minimum Gasteiger partial charge on any atom is -0.496 e. The molecule has 2 heterocycles. The quantitative estimate of drug-likeness (QED) is 0.617. The molecule has 178 valence electrons. The fraction of sp³-hybridized carbons (Fsp3) is 0.519. The lowest BCUT2D eigenvalue weighted by molar-refractivity contribution is 0.0230. The Morgan fingerprint density at radius 1 is 1.18 bits per heavy atom. The van der Waals surface area contributed by atoms with E-state index in [1.807, 2.05) is 44.2 Å². The molecule has 1 atom stereocenters. The van der Waals surface area contributed by atoms with E-state index in [0.29, 0.717) is 35.8 Å². The Morgan fingerprint density at radius 2 is 2.00 bits per heavy atom. The molecule has 0 saturated carbocycles. The lowest BCUT2D eigenvalue weighted by Gasteiger charge is -2.39. The Kier molecular flexibility index (Phi) is 6.68. The number of methoxy groups -OCH3 is 1. The summed E-state index contributed by atoms with van der Waals surface area (Å²) in [5.41, 5.74) is 2.15. The van der Waals surface area contributed by atoms with Crippen LogP contribution >= 0.6 is 0 Å². The SMILES string of the molecule is COc1ccc(N2CCCC(C)(C)C2)cc1C(=O)c1cccc(OC[C@H]2COC(C)(C)N2)c1. The first kappa shape index (κ1) is 23.6. The summed E-state index contributed by atoms with van der Waals surface area (Å²) >= 11 is 0. The smallest absolute Gasteiger partial charge is 0.196 e. The van der Waals surface area contributed by atoms with Crippen molar-refractivity contribution in [2.45, 2.75) is 52.3 Å². The summed E-state index contributed by atoms with van der Waals surface area (Å²) in [5.74, 6) is 1.18. The third-order valence-electron chi connectivity index (χ3n) is 6.44. The number of hydrogen-bond acceptors (Lipinski definition) is 6. The topological polar surface area (TPSA) is 60.0 Å². The normalized spacial score (nSPS) is 21.6. The number of rotatable bonds is 7. The highest BCUT2D eigenvalue weighted by molar-refractivity contribution is 6.11. The second-order valence-corrected chi connectivity index (χ2v) is 10.4. The van der Waals surface area contributed by atoms with E-state index in [2.05, 4.69) is 30.1 Å². The molecule has 0 unspecified atom stereocenters. The molecule has 0 spiro atoms. The number of ether oxygens (including phenoxy) is 3. The molecule has 0 bridgehead atoms. The lowest BCUT2D eigenvalue weighted by Crippen LogP contribution is -2.41. The molecular formula is C27H36N2O4. The van der Waals surface area contributed by atoms with Crippen LogP contribution in [0.5, 0.6) is 11.5 Å². The summed E-state index contributed by atoms with van der Waals surface area (Å²) in [4.78, 5) is 15.9. The minimum absolute atomic E-state index is 0.0705. The minimum atomic E-state index is -0.336. The third-order valence-corrected chi connectivity index (χ3v) is 6.44. The number of nitrogens with zero attached hydrogens (tertiary/aromatic N) is 1. The number of anilines is 1. The molecule has 2 aromatic rings. The number of ketones is 1. The maximum Gasteiger partial charge on any atom is 0.196 e. The Balaban J connectivity index is 1.52. The van der Waals surface area contributed by atoms with Gasteiger partial charge >= 0.3 is 0 Å². The van der Waals surface area contributed by atoms with Crippen LogP contribution < -0.4 is 19.7 Å². The van der Waals surface area contributed by atoms with Gasteiger partial charge in [-0.1, -0.05) is 26.0 Å². The highest BCUT2D eigenvalue weighted by Gasteiger charge is 2.31. The largest absolute Gasteiger partial charge is 0.496 e. The zero-order valence-electron chi connectivity index (χ0n) is 20.4. The van der Waals surface area contributed by atoms with Crippen LogP contribution in [0.15, 0.2) is 42.5 Å².